The number of aromatic nitrogens is 2. The SMILES string of the molecule is CC.CC.[B]c1nc2c(n1-c1ccccc1)C(=O)c1ccccc1C2=O. The number of hydrogen-bond acceptors (Lipinski definition) is 3. The molecule has 2 aromatic carbocycles. The summed E-state index contributed by atoms with van der Waals surface area (Å²) in [6.07, 6.45) is 0. The first-order valence-corrected chi connectivity index (χ1v) is 8.80. The first kappa shape index (κ1) is 19.4. The first-order chi connectivity index (χ1) is 12.7. The molecule has 0 N–H and O–H groups in total. The normalized spacial score (nSPS) is 11.4. The second-order valence-corrected chi connectivity index (χ2v) is 5.04. The third-order valence-corrected chi connectivity index (χ3v) is 3.76. The molecule has 0 atom stereocenters. The standard InChI is InChI=1S/C17H9BN2O2.2C2H6/c18-17-19-13-14(20(17)10-6-2-1-3-7-10)16(22)12-9-5-4-8-11(12)15(13)21;2*1-2/h1-9H;2*1-2H3. The summed E-state index contributed by atoms with van der Waals surface area (Å²) in [6.45, 7) is 8.00. The molecule has 1 aromatic heterocycles. The number of fused-ring (bicyclic) bond motifs is 2. The van der Waals surface area contributed by atoms with Gasteiger partial charge in [-0.1, -0.05) is 70.2 Å². The molecule has 4 rings (SSSR count). The zero-order chi connectivity index (χ0) is 19.3. The van der Waals surface area contributed by atoms with E-state index in [0.29, 0.717) is 16.8 Å². The number of nitrogens with zero attached hydrogens (tertiary/aromatic N) is 2. The summed E-state index contributed by atoms with van der Waals surface area (Å²) in [4.78, 5) is 29.5. The van der Waals surface area contributed by atoms with Gasteiger partial charge in [0.1, 0.15) is 11.4 Å². The van der Waals surface area contributed by atoms with Crippen molar-refractivity contribution in [2.24, 2.45) is 0 Å². The molecule has 1 aliphatic rings. The number of carbonyl (C=O) groups is 2. The highest BCUT2D eigenvalue weighted by atomic mass is 16.1. The molecule has 0 unspecified atom stereocenters. The van der Waals surface area contributed by atoms with Crippen molar-refractivity contribution >= 4 is 25.1 Å². The quantitative estimate of drug-likeness (QED) is 0.497. The number of carbonyl (C=O) groups excluding carboxylic acids is 2. The van der Waals surface area contributed by atoms with Gasteiger partial charge >= 0.3 is 0 Å². The lowest BCUT2D eigenvalue weighted by molar-refractivity contribution is 0.0972. The second-order valence-electron chi connectivity index (χ2n) is 5.04. The van der Waals surface area contributed by atoms with Crippen molar-refractivity contribution in [2.45, 2.75) is 27.7 Å². The Hall–Kier alpha value is -2.95. The van der Waals surface area contributed by atoms with Crippen LogP contribution < -0.4 is 5.72 Å². The fourth-order valence-electron chi connectivity index (χ4n) is 2.78. The maximum Gasteiger partial charge on any atom is 0.214 e. The van der Waals surface area contributed by atoms with Crippen LogP contribution in [0.3, 0.4) is 0 Å². The third kappa shape index (κ3) is 3.13. The Morgan fingerprint density at radius 2 is 1.27 bits per heavy atom. The third-order valence-electron chi connectivity index (χ3n) is 3.76. The Labute approximate surface area is 155 Å². The number of hydrogen-bond donors (Lipinski definition) is 0. The molecule has 1 heterocycles. The minimum Gasteiger partial charge on any atom is -0.302 e. The predicted molar refractivity (Wildman–Crippen MR) is 105 cm³/mol. The second kappa shape index (κ2) is 8.43. The predicted octanol–water partition coefficient (Wildman–Crippen LogP) is 3.49. The molecule has 5 heteroatoms. The van der Waals surface area contributed by atoms with E-state index in [0.717, 1.165) is 0 Å². The van der Waals surface area contributed by atoms with Gasteiger partial charge in [-0.3, -0.25) is 9.59 Å². The number of benzene rings is 2. The molecule has 0 bridgehead atoms. The van der Waals surface area contributed by atoms with E-state index in [9.17, 15) is 9.59 Å². The molecule has 0 spiro atoms. The Balaban J connectivity index is 0.000000570. The van der Waals surface area contributed by atoms with Crippen LogP contribution in [0.4, 0.5) is 0 Å². The van der Waals surface area contributed by atoms with Crippen LogP contribution in [0.2, 0.25) is 0 Å². The monoisotopic (exact) mass is 344 g/mol. The van der Waals surface area contributed by atoms with E-state index in [1.807, 2.05) is 58.0 Å². The van der Waals surface area contributed by atoms with E-state index < -0.39 is 0 Å². The molecule has 0 saturated carbocycles. The average Bonchev–Trinajstić information content (AvgIpc) is 3.07. The summed E-state index contributed by atoms with van der Waals surface area (Å²) in [5.74, 6) is -0.509. The maximum atomic E-state index is 12.8. The summed E-state index contributed by atoms with van der Waals surface area (Å²) in [7, 11) is 5.96. The van der Waals surface area contributed by atoms with Crippen LogP contribution in [-0.2, 0) is 0 Å². The molecule has 26 heavy (non-hydrogen) atoms. The van der Waals surface area contributed by atoms with Crippen LogP contribution in [0.15, 0.2) is 54.6 Å². The molecular formula is C21H21BN2O2. The topological polar surface area (TPSA) is 52.0 Å². The minimum atomic E-state index is -0.272. The molecule has 3 aromatic rings. The number of rotatable bonds is 1. The Bertz CT molecular complexity index is 930. The fraction of sp³-hybridized carbons (Fsp3) is 0.190. The van der Waals surface area contributed by atoms with Crippen molar-refractivity contribution in [1.29, 1.82) is 0 Å². The van der Waals surface area contributed by atoms with Crippen LogP contribution in [0, 0.1) is 0 Å². The van der Waals surface area contributed by atoms with E-state index in [1.165, 1.54) is 4.57 Å². The summed E-state index contributed by atoms with van der Waals surface area (Å²) in [5.41, 5.74) is 1.94. The molecule has 130 valence electrons. The first-order valence-electron chi connectivity index (χ1n) is 8.80. The molecule has 0 amide bonds. The highest BCUT2D eigenvalue weighted by Crippen LogP contribution is 2.27. The summed E-state index contributed by atoms with van der Waals surface area (Å²) in [6, 6.07) is 15.9. The maximum absolute atomic E-state index is 12.8. The van der Waals surface area contributed by atoms with E-state index in [2.05, 4.69) is 4.98 Å². The van der Waals surface area contributed by atoms with Gasteiger partial charge in [-0.15, -0.1) is 0 Å². The van der Waals surface area contributed by atoms with Gasteiger partial charge < -0.3 is 4.57 Å². The van der Waals surface area contributed by atoms with Crippen LogP contribution in [0.5, 0.6) is 0 Å². The molecule has 0 aliphatic heterocycles. The Morgan fingerprint density at radius 3 is 1.85 bits per heavy atom. The Morgan fingerprint density at radius 1 is 0.769 bits per heavy atom. The molecule has 0 fully saturated rings. The van der Waals surface area contributed by atoms with Crippen molar-refractivity contribution < 1.29 is 9.59 Å². The summed E-state index contributed by atoms with van der Waals surface area (Å²) >= 11 is 0. The fourth-order valence-corrected chi connectivity index (χ4v) is 2.78. The number of imidazole rings is 1. The van der Waals surface area contributed by atoms with Crippen LogP contribution in [-0.4, -0.2) is 29.0 Å². The van der Waals surface area contributed by atoms with Crippen LogP contribution in [0.25, 0.3) is 5.69 Å². The Kier molecular flexibility index (Phi) is 6.28. The highest BCUT2D eigenvalue weighted by molar-refractivity contribution is 6.33. The molecule has 0 saturated heterocycles. The smallest absolute Gasteiger partial charge is 0.214 e. The van der Waals surface area contributed by atoms with Gasteiger partial charge in [-0.25, -0.2) is 4.98 Å². The van der Waals surface area contributed by atoms with E-state index in [-0.39, 0.29) is 28.7 Å². The zero-order valence-corrected chi connectivity index (χ0v) is 15.5. The minimum absolute atomic E-state index is 0.116. The van der Waals surface area contributed by atoms with E-state index in [4.69, 9.17) is 7.85 Å². The number of para-hydroxylation sites is 1. The lowest BCUT2D eigenvalue weighted by Crippen LogP contribution is -2.24. The van der Waals surface area contributed by atoms with Gasteiger partial charge in [-0.05, 0) is 12.1 Å². The van der Waals surface area contributed by atoms with Gasteiger partial charge in [0.2, 0.25) is 11.6 Å². The average molecular weight is 344 g/mol. The zero-order valence-electron chi connectivity index (χ0n) is 15.5. The van der Waals surface area contributed by atoms with Crippen LogP contribution in [0.1, 0.15) is 59.8 Å². The van der Waals surface area contributed by atoms with Crippen molar-refractivity contribution in [3.05, 3.63) is 77.1 Å². The summed E-state index contributed by atoms with van der Waals surface area (Å²) in [5, 5.41) is 0. The van der Waals surface area contributed by atoms with Crippen molar-refractivity contribution in [3.8, 4) is 5.69 Å². The van der Waals surface area contributed by atoms with E-state index in [1.54, 1.807) is 24.3 Å². The molecular weight excluding hydrogens is 323 g/mol. The molecule has 4 nitrogen and oxygen atoms in total. The highest BCUT2D eigenvalue weighted by Gasteiger charge is 2.34. The van der Waals surface area contributed by atoms with Crippen LogP contribution >= 0.6 is 0 Å². The van der Waals surface area contributed by atoms with E-state index >= 15 is 0 Å². The van der Waals surface area contributed by atoms with Gasteiger partial charge in [0.15, 0.2) is 7.85 Å². The molecule has 1 aliphatic carbocycles. The van der Waals surface area contributed by atoms with Crippen molar-refractivity contribution in [1.82, 2.24) is 9.55 Å². The van der Waals surface area contributed by atoms with Gasteiger partial charge in [0, 0.05) is 16.8 Å². The van der Waals surface area contributed by atoms with Gasteiger partial charge in [0.25, 0.3) is 0 Å². The lowest BCUT2D eigenvalue weighted by Gasteiger charge is -2.16. The van der Waals surface area contributed by atoms with Crippen molar-refractivity contribution in [3.63, 3.8) is 0 Å². The van der Waals surface area contributed by atoms with Gasteiger partial charge in [-0.2, -0.15) is 0 Å². The van der Waals surface area contributed by atoms with Crippen molar-refractivity contribution in [2.75, 3.05) is 0 Å². The summed E-state index contributed by atoms with van der Waals surface area (Å²) < 4.78 is 1.53. The largest absolute Gasteiger partial charge is 0.302 e. The number of ketones is 2. The lowest BCUT2D eigenvalue weighted by atomic mass is 9.90. The molecule has 2 radical (unpaired) electrons. The van der Waals surface area contributed by atoms with Gasteiger partial charge in [0.05, 0.1) is 5.72 Å².